The molecule has 0 radical (unpaired) electrons. The van der Waals surface area contributed by atoms with Gasteiger partial charge in [-0.2, -0.15) is 0 Å². The van der Waals surface area contributed by atoms with E-state index in [1.807, 2.05) is 6.92 Å². The van der Waals surface area contributed by atoms with Crippen LogP contribution in [0.4, 0.5) is 0 Å². The Hall–Kier alpha value is -1.58. The number of aliphatic hydroxyl groups is 1. The van der Waals surface area contributed by atoms with Crippen LogP contribution in [0.5, 0.6) is 0 Å². The van der Waals surface area contributed by atoms with Gasteiger partial charge in [-0.1, -0.05) is 57.3 Å². The molecule has 0 bridgehead atoms. The van der Waals surface area contributed by atoms with Crippen molar-refractivity contribution in [3.8, 4) is 12.3 Å². The third-order valence-corrected chi connectivity index (χ3v) is 5.25. The van der Waals surface area contributed by atoms with Crippen LogP contribution < -0.4 is 0 Å². The summed E-state index contributed by atoms with van der Waals surface area (Å²) in [5.74, 6) is 1.46. The average Bonchev–Trinajstić information content (AvgIpc) is 2.97. The van der Waals surface area contributed by atoms with E-state index in [1.54, 1.807) is 0 Å². The van der Waals surface area contributed by atoms with Crippen molar-refractivity contribution >= 4 is 11.9 Å². The molecule has 1 aliphatic heterocycles. The third-order valence-electron chi connectivity index (χ3n) is 5.25. The Kier molecular flexibility index (Phi) is 11.9. The highest BCUT2D eigenvalue weighted by molar-refractivity contribution is 5.69. The molecular formula is C22H36O6. The van der Waals surface area contributed by atoms with Gasteiger partial charge >= 0.3 is 11.9 Å². The lowest BCUT2D eigenvalue weighted by Crippen LogP contribution is -2.44. The highest BCUT2D eigenvalue weighted by atomic mass is 16.6. The Morgan fingerprint density at radius 3 is 2.00 bits per heavy atom. The van der Waals surface area contributed by atoms with Crippen LogP contribution in [0.1, 0.15) is 90.4 Å². The van der Waals surface area contributed by atoms with E-state index in [2.05, 4.69) is 5.92 Å². The Morgan fingerprint density at radius 1 is 1.04 bits per heavy atom. The minimum Gasteiger partial charge on any atom is -0.481 e. The lowest BCUT2D eigenvalue weighted by atomic mass is 9.98. The maximum absolute atomic E-state index is 12.1. The first-order valence-corrected chi connectivity index (χ1v) is 10.6. The van der Waals surface area contributed by atoms with Gasteiger partial charge in [0.1, 0.15) is 6.10 Å². The standard InChI is InChI=1S/C22H36O6/c1-3-22(17-23)19(16-18(2)28-22)27-21(26)15-13-11-9-7-5-4-6-8-10-12-14-20(24)25/h1,18-19,23H,4-17H2,2H3,(H,24,25)/t18-,19-,22?/m0/s1. The van der Waals surface area contributed by atoms with Gasteiger partial charge in [0.15, 0.2) is 5.60 Å². The van der Waals surface area contributed by atoms with E-state index in [9.17, 15) is 14.7 Å². The van der Waals surface area contributed by atoms with Crippen LogP contribution in [0.15, 0.2) is 0 Å². The Labute approximate surface area is 169 Å². The largest absolute Gasteiger partial charge is 0.481 e. The van der Waals surface area contributed by atoms with Gasteiger partial charge in [-0.05, 0) is 19.8 Å². The number of carboxylic acid groups (broad SMARTS) is 1. The summed E-state index contributed by atoms with van der Waals surface area (Å²) in [6.07, 6.45) is 16.3. The molecule has 6 nitrogen and oxygen atoms in total. The number of terminal acetylenes is 1. The van der Waals surface area contributed by atoms with Crippen molar-refractivity contribution in [3.63, 3.8) is 0 Å². The maximum atomic E-state index is 12.1. The normalized spacial score (nSPS) is 24.0. The molecule has 1 fully saturated rings. The number of rotatable bonds is 15. The summed E-state index contributed by atoms with van der Waals surface area (Å²) in [6.45, 7) is 1.50. The highest BCUT2D eigenvalue weighted by Crippen LogP contribution is 2.32. The van der Waals surface area contributed by atoms with Gasteiger partial charge in [0, 0.05) is 19.3 Å². The Bertz CT molecular complexity index is 512. The summed E-state index contributed by atoms with van der Waals surface area (Å²) < 4.78 is 11.1. The van der Waals surface area contributed by atoms with Crippen LogP contribution in [0.3, 0.4) is 0 Å². The van der Waals surface area contributed by atoms with Crippen LogP contribution in [0.25, 0.3) is 0 Å². The van der Waals surface area contributed by atoms with Gasteiger partial charge < -0.3 is 19.7 Å². The van der Waals surface area contributed by atoms with Crippen molar-refractivity contribution in [2.45, 2.75) is 108 Å². The molecule has 0 aromatic carbocycles. The number of esters is 1. The first-order valence-electron chi connectivity index (χ1n) is 10.6. The van der Waals surface area contributed by atoms with Gasteiger partial charge in [-0.15, -0.1) is 6.42 Å². The number of carbonyl (C=O) groups is 2. The summed E-state index contributed by atoms with van der Waals surface area (Å²) in [6, 6.07) is 0. The van der Waals surface area contributed by atoms with Crippen LogP contribution >= 0.6 is 0 Å². The zero-order valence-corrected chi connectivity index (χ0v) is 17.2. The van der Waals surface area contributed by atoms with Crippen LogP contribution in [0.2, 0.25) is 0 Å². The molecule has 1 unspecified atom stereocenters. The molecule has 0 aromatic rings. The fraction of sp³-hybridized carbons (Fsp3) is 0.818. The molecular weight excluding hydrogens is 360 g/mol. The lowest BCUT2D eigenvalue weighted by Gasteiger charge is -2.26. The van der Waals surface area contributed by atoms with Gasteiger partial charge in [-0.3, -0.25) is 9.59 Å². The predicted molar refractivity (Wildman–Crippen MR) is 107 cm³/mol. The average molecular weight is 397 g/mol. The fourth-order valence-corrected chi connectivity index (χ4v) is 3.61. The zero-order chi connectivity index (χ0) is 20.8. The second-order valence-electron chi connectivity index (χ2n) is 7.76. The predicted octanol–water partition coefficient (Wildman–Crippen LogP) is 3.84. The molecule has 1 saturated heterocycles. The third kappa shape index (κ3) is 9.07. The molecule has 0 saturated carbocycles. The number of aliphatic carboxylic acids is 1. The van der Waals surface area contributed by atoms with E-state index in [4.69, 9.17) is 21.0 Å². The molecule has 0 amide bonds. The molecule has 0 aromatic heterocycles. The number of unbranched alkanes of at least 4 members (excludes halogenated alkanes) is 9. The van der Waals surface area contributed by atoms with Crippen molar-refractivity contribution in [2.75, 3.05) is 6.61 Å². The Morgan fingerprint density at radius 2 is 1.54 bits per heavy atom. The number of hydrogen-bond acceptors (Lipinski definition) is 5. The molecule has 160 valence electrons. The monoisotopic (exact) mass is 396 g/mol. The van der Waals surface area contributed by atoms with Gasteiger partial charge in [0.2, 0.25) is 0 Å². The first kappa shape index (κ1) is 24.5. The van der Waals surface area contributed by atoms with Crippen molar-refractivity contribution in [3.05, 3.63) is 0 Å². The quantitative estimate of drug-likeness (QED) is 0.248. The van der Waals surface area contributed by atoms with E-state index in [0.29, 0.717) is 12.8 Å². The van der Waals surface area contributed by atoms with E-state index >= 15 is 0 Å². The molecule has 3 atom stereocenters. The zero-order valence-electron chi connectivity index (χ0n) is 17.2. The van der Waals surface area contributed by atoms with Crippen molar-refractivity contribution < 1.29 is 29.3 Å². The number of hydrogen-bond donors (Lipinski definition) is 2. The summed E-state index contributed by atoms with van der Waals surface area (Å²) >= 11 is 0. The molecule has 1 aliphatic rings. The smallest absolute Gasteiger partial charge is 0.306 e. The van der Waals surface area contributed by atoms with E-state index in [0.717, 1.165) is 51.4 Å². The van der Waals surface area contributed by atoms with Crippen LogP contribution in [-0.2, 0) is 19.1 Å². The molecule has 6 heteroatoms. The summed E-state index contributed by atoms with van der Waals surface area (Å²) in [4.78, 5) is 22.5. The lowest BCUT2D eigenvalue weighted by molar-refractivity contribution is -0.157. The second-order valence-corrected chi connectivity index (χ2v) is 7.76. The van der Waals surface area contributed by atoms with Crippen molar-refractivity contribution in [1.82, 2.24) is 0 Å². The first-order chi connectivity index (χ1) is 13.4. The van der Waals surface area contributed by atoms with Gasteiger partial charge in [0.25, 0.3) is 0 Å². The Balaban J connectivity index is 2.01. The van der Waals surface area contributed by atoms with Crippen molar-refractivity contribution in [1.29, 1.82) is 0 Å². The van der Waals surface area contributed by atoms with Crippen LogP contribution in [-0.4, -0.2) is 46.6 Å². The number of carbonyl (C=O) groups excluding carboxylic acids is 1. The highest BCUT2D eigenvalue weighted by Gasteiger charge is 2.48. The summed E-state index contributed by atoms with van der Waals surface area (Å²) in [5.41, 5.74) is -1.21. The molecule has 0 spiro atoms. The topological polar surface area (TPSA) is 93.1 Å². The number of ether oxygens (including phenoxy) is 2. The fourth-order valence-electron chi connectivity index (χ4n) is 3.61. The molecule has 0 aliphatic carbocycles. The molecule has 2 N–H and O–H groups in total. The molecule has 28 heavy (non-hydrogen) atoms. The SMILES string of the molecule is C#CC1(CO)O[C@@H](C)C[C@@H]1OC(=O)CCCCCCCCCCCCC(=O)O. The van der Waals surface area contributed by atoms with Crippen LogP contribution in [0, 0.1) is 12.3 Å². The molecule has 1 rings (SSSR count). The van der Waals surface area contributed by atoms with Gasteiger partial charge in [-0.25, -0.2) is 0 Å². The van der Waals surface area contributed by atoms with E-state index in [-0.39, 0.29) is 25.1 Å². The number of carboxylic acids is 1. The maximum Gasteiger partial charge on any atom is 0.306 e. The van der Waals surface area contributed by atoms with Gasteiger partial charge in [0.05, 0.1) is 12.7 Å². The summed E-state index contributed by atoms with van der Waals surface area (Å²) in [7, 11) is 0. The minimum atomic E-state index is -1.21. The van der Waals surface area contributed by atoms with E-state index in [1.165, 1.54) is 12.8 Å². The summed E-state index contributed by atoms with van der Waals surface area (Å²) in [5, 5.41) is 18.1. The second kappa shape index (κ2) is 13.6. The van der Waals surface area contributed by atoms with E-state index < -0.39 is 17.7 Å². The minimum absolute atomic E-state index is 0.141. The molecule has 1 heterocycles. The number of aliphatic hydroxyl groups excluding tert-OH is 1. The van der Waals surface area contributed by atoms with Crippen molar-refractivity contribution in [2.24, 2.45) is 0 Å².